The molecule has 1 aliphatic heterocycles. The summed E-state index contributed by atoms with van der Waals surface area (Å²) < 4.78 is 32.1. The molecule has 130 valence electrons. The van der Waals surface area contributed by atoms with E-state index in [2.05, 4.69) is 10.6 Å². The van der Waals surface area contributed by atoms with Crippen molar-refractivity contribution < 1.29 is 23.1 Å². The van der Waals surface area contributed by atoms with E-state index >= 15 is 0 Å². The molecular formula is C16H17ClF2N2O3. The average molecular weight is 359 g/mol. The molecule has 0 spiro atoms. The second-order valence-electron chi connectivity index (χ2n) is 6.17. The van der Waals surface area contributed by atoms with E-state index in [0.29, 0.717) is 17.0 Å². The molecule has 1 aliphatic carbocycles. The number of carbonyl (C=O) groups is 2. The average Bonchev–Trinajstić information content (AvgIpc) is 3.11. The Morgan fingerprint density at radius 3 is 2.62 bits per heavy atom. The highest BCUT2D eigenvalue weighted by Crippen LogP contribution is 2.44. The Balaban J connectivity index is 1.78. The zero-order chi connectivity index (χ0) is 17.3. The summed E-state index contributed by atoms with van der Waals surface area (Å²) in [6.45, 7) is 0.0683. The van der Waals surface area contributed by atoms with Gasteiger partial charge in [-0.1, -0.05) is 23.7 Å². The van der Waals surface area contributed by atoms with Gasteiger partial charge in [-0.3, -0.25) is 4.79 Å². The first-order valence-corrected chi connectivity index (χ1v) is 8.10. The van der Waals surface area contributed by atoms with Gasteiger partial charge in [0.1, 0.15) is 0 Å². The molecule has 5 nitrogen and oxygen atoms in total. The number of hydrogen-bond donors (Lipinski definition) is 2. The molecule has 1 saturated carbocycles. The van der Waals surface area contributed by atoms with Crippen LogP contribution in [-0.4, -0.2) is 30.6 Å². The summed E-state index contributed by atoms with van der Waals surface area (Å²) in [5, 5.41) is 5.68. The van der Waals surface area contributed by atoms with Crippen LogP contribution in [0.4, 0.5) is 13.6 Å². The lowest BCUT2D eigenvalue weighted by atomic mass is 9.91. The minimum atomic E-state index is -2.72. The van der Waals surface area contributed by atoms with Gasteiger partial charge in [-0.2, -0.15) is 0 Å². The third-order valence-corrected chi connectivity index (χ3v) is 4.67. The maximum atomic E-state index is 13.6. The van der Waals surface area contributed by atoms with Crippen LogP contribution in [0.5, 0.6) is 0 Å². The predicted molar refractivity (Wildman–Crippen MR) is 82.9 cm³/mol. The first-order chi connectivity index (χ1) is 11.3. The van der Waals surface area contributed by atoms with Crippen LogP contribution in [0.25, 0.3) is 0 Å². The van der Waals surface area contributed by atoms with Crippen molar-refractivity contribution in [2.75, 3.05) is 6.54 Å². The number of alkyl carbamates (subject to hydrolysis) is 1. The Kier molecular flexibility index (Phi) is 4.62. The Hall–Kier alpha value is -1.89. The van der Waals surface area contributed by atoms with E-state index in [4.69, 9.17) is 16.3 Å². The van der Waals surface area contributed by atoms with E-state index in [1.165, 1.54) is 0 Å². The van der Waals surface area contributed by atoms with Gasteiger partial charge in [0, 0.05) is 17.9 Å². The number of hydrogen-bond acceptors (Lipinski definition) is 3. The van der Waals surface area contributed by atoms with Gasteiger partial charge in [0.05, 0.1) is 12.6 Å². The van der Waals surface area contributed by atoms with E-state index < -0.39 is 36.0 Å². The van der Waals surface area contributed by atoms with Crippen molar-refractivity contribution >= 4 is 23.6 Å². The summed E-state index contributed by atoms with van der Waals surface area (Å²) in [5.41, 5.74) is 0.702. The molecule has 2 N–H and O–H groups in total. The second kappa shape index (κ2) is 6.55. The second-order valence-corrected chi connectivity index (χ2v) is 6.61. The van der Waals surface area contributed by atoms with Crippen molar-refractivity contribution in [2.24, 2.45) is 5.92 Å². The molecule has 8 heteroatoms. The van der Waals surface area contributed by atoms with Gasteiger partial charge in [-0.05, 0) is 30.0 Å². The fourth-order valence-corrected chi connectivity index (χ4v) is 3.32. The van der Waals surface area contributed by atoms with Crippen molar-refractivity contribution in [1.29, 1.82) is 0 Å². The summed E-state index contributed by atoms with van der Waals surface area (Å²) in [4.78, 5) is 23.4. The Bertz CT molecular complexity index is 639. The number of benzene rings is 1. The van der Waals surface area contributed by atoms with Crippen LogP contribution in [-0.2, 0) is 9.53 Å². The van der Waals surface area contributed by atoms with Crippen LogP contribution in [0.3, 0.4) is 0 Å². The third-order valence-electron chi connectivity index (χ3n) is 4.41. The van der Waals surface area contributed by atoms with Crippen molar-refractivity contribution in [3.05, 3.63) is 34.9 Å². The summed E-state index contributed by atoms with van der Waals surface area (Å²) in [5.74, 6) is -3.61. The Morgan fingerprint density at radius 2 is 2.08 bits per heavy atom. The molecule has 0 aromatic heterocycles. The third kappa shape index (κ3) is 3.77. The maximum Gasteiger partial charge on any atom is 0.408 e. The van der Waals surface area contributed by atoms with Gasteiger partial charge in [0.2, 0.25) is 5.92 Å². The standard InChI is InChI=1S/C16H17ClF2N2O3/c17-11-3-1-9(2-4-11)13(10-5-6-16(18,19)7-10)21-14(22)12-8-20-15(23)24-12/h1-4,10,12-13H,5-8H2,(H,20,23)(H,21,22)/t10-,12-,13-/m0/s1. The van der Waals surface area contributed by atoms with E-state index in [0.717, 1.165) is 0 Å². The molecule has 2 fully saturated rings. The van der Waals surface area contributed by atoms with Crippen LogP contribution in [0.2, 0.25) is 5.02 Å². The molecule has 0 bridgehead atoms. The van der Waals surface area contributed by atoms with Crippen molar-refractivity contribution in [3.8, 4) is 0 Å². The Labute approximate surface area is 142 Å². The van der Waals surface area contributed by atoms with Gasteiger partial charge in [0.25, 0.3) is 5.91 Å². The van der Waals surface area contributed by atoms with Crippen LogP contribution >= 0.6 is 11.6 Å². The fourth-order valence-electron chi connectivity index (χ4n) is 3.19. The van der Waals surface area contributed by atoms with Crippen molar-refractivity contribution in [2.45, 2.75) is 37.3 Å². The topological polar surface area (TPSA) is 67.4 Å². The van der Waals surface area contributed by atoms with Crippen molar-refractivity contribution in [3.63, 3.8) is 0 Å². The highest BCUT2D eigenvalue weighted by Gasteiger charge is 2.44. The van der Waals surface area contributed by atoms with Gasteiger partial charge in [0.15, 0.2) is 6.10 Å². The number of halogens is 3. The smallest absolute Gasteiger partial charge is 0.408 e. The molecule has 0 unspecified atom stereocenters. The number of ether oxygens (including phenoxy) is 1. The lowest BCUT2D eigenvalue weighted by Crippen LogP contribution is -2.41. The number of rotatable bonds is 4. The molecule has 1 saturated heterocycles. The number of carbonyl (C=O) groups excluding carboxylic acids is 2. The molecule has 3 atom stereocenters. The van der Waals surface area contributed by atoms with Crippen molar-refractivity contribution in [1.82, 2.24) is 10.6 Å². The lowest BCUT2D eigenvalue weighted by Gasteiger charge is -2.26. The van der Waals surface area contributed by atoms with E-state index in [9.17, 15) is 18.4 Å². The van der Waals surface area contributed by atoms with Crippen LogP contribution in [0.1, 0.15) is 30.9 Å². The van der Waals surface area contributed by atoms with E-state index in [1.54, 1.807) is 24.3 Å². The van der Waals surface area contributed by atoms with Gasteiger partial charge in [-0.25, -0.2) is 13.6 Å². The number of nitrogens with one attached hydrogen (secondary N) is 2. The van der Waals surface area contributed by atoms with Gasteiger partial charge >= 0.3 is 6.09 Å². The molecule has 0 radical (unpaired) electrons. The fraction of sp³-hybridized carbons (Fsp3) is 0.500. The highest BCUT2D eigenvalue weighted by molar-refractivity contribution is 6.30. The largest absolute Gasteiger partial charge is 0.434 e. The molecule has 24 heavy (non-hydrogen) atoms. The monoisotopic (exact) mass is 358 g/mol. The van der Waals surface area contributed by atoms with Crippen LogP contribution < -0.4 is 10.6 Å². The van der Waals surface area contributed by atoms with E-state index in [-0.39, 0.29) is 19.4 Å². The quantitative estimate of drug-likeness (QED) is 0.869. The minimum Gasteiger partial charge on any atom is -0.434 e. The summed E-state index contributed by atoms with van der Waals surface area (Å²) in [6.07, 6.45) is -1.79. The molecule has 2 amide bonds. The molecular weight excluding hydrogens is 342 g/mol. The summed E-state index contributed by atoms with van der Waals surface area (Å²) >= 11 is 5.87. The van der Waals surface area contributed by atoms with Gasteiger partial charge < -0.3 is 15.4 Å². The number of alkyl halides is 2. The first-order valence-electron chi connectivity index (χ1n) is 7.72. The van der Waals surface area contributed by atoms with Crippen LogP contribution in [0.15, 0.2) is 24.3 Å². The zero-order valence-electron chi connectivity index (χ0n) is 12.7. The SMILES string of the molecule is O=C1NC[C@@H](C(=O)N[C@@H](c2ccc(Cl)cc2)[C@H]2CCC(F)(F)C2)O1. The molecule has 1 heterocycles. The molecule has 1 aromatic rings. The Morgan fingerprint density at radius 1 is 1.38 bits per heavy atom. The molecule has 3 rings (SSSR count). The number of amides is 2. The van der Waals surface area contributed by atoms with E-state index in [1.807, 2.05) is 0 Å². The zero-order valence-corrected chi connectivity index (χ0v) is 13.5. The maximum absolute atomic E-state index is 13.6. The first kappa shape index (κ1) is 17.0. The van der Waals surface area contributed by atoms with Gasteiger partial charge in [-0.15, -0.1) is 0 Å². The summed E-state index contributed by atoms with van der Waals surface area (Å²) in [6, 6.07) is 6.15. The van der Waals surface area contributed by atoms with Crippen LogP contribution in [0, 0.1) is 5.92 Å². The minimum absolute atomic E-state index is 0.0683. The highest BCUT2D eigenvalue weighted by atomic mass is 35.5. The summed E-state index contributed by atoms with van der Waals surface area (Å²) in [7, 11) is 0. The number of cyclic esters (lactones) is 1. The molecule has 2 aliphatic rings. The normalized spacial score (nSPS) is 26.5. The predicted octanol–water partition coefficient (Wildman–Crippen LogP) is 3.04. The molecule has 1 aromatic carbocycles. The lowest BCUT2D eigenvalue weighted by molar-refractivity contribution is -0.129.